The van der Waals surface area contributed by atoms with Gasteiger partial charge >= 0.3 is 0 Å². The summed E-state index contributed by atoms with van der Waals surface area (Å²) in [5.41, 5.74) is 5.86. The van der Waals surface area contributed by atoms with Crippen LogP contribution in [-0.4, -0.2) is 19.3 Å². The van der Waals surface area contributed by atoms with Gasteiger partial charge in [0.15, 0.2) is 0 Å². The van der Waals surface area contributed by atoms with Crippen molar-refractivity contribution in [1.82, 2.24) is 0 Å². The number of hydrogen-bond acceptors (Lipinski definition) is 2. The first-order valence-corrected chi connectivity index (χ1v) is 4.13. The highest BCUT2D eigenvalue weighted by Gasteiger charge is 2.18. The van der Waals surface area contributed by atoms with E-state index in [1.807, 2.05) is 0 Å². The van der Waals surface area contributed by atoms with Gasteiger partial charge < -0.3 is 10.5 Å². The number of hydrogen-bond donors (Lipinski definition) is 1. The molecule has 0 unspecified atom stereocenters. The Morgan fingerprint density at radius 3 is 2.45 bits per heavy atom. The van der Waals surface area contributed by atoms with Gasteiger partial charge in [-0.1, -0.05) is 19.3 Å². The van der Waals surface area contributed by atoms with Gasteiger partial charge in [-0.3, -0.25) is 0 Å². The predicted octanol–water partition coefficient (Wildman–Crippen LogP) is 1.71. The van der Waals surface area contributed by atoms with E-state index in [9.17, 15) is 0 Å². The molecule has 1 aliphatic carbocycles. The van der Waals surface area contributed by atoms with Gasteiger partial charge in [0, 0.05) is 13.2 Å². The highest BCUT2D eigenvalue weighted by molar-refractivity contribution is 5.85. The van der Waals surface area contributed by atoms with E-state index in [4.69, 9.17) is 10.5 Å². The maximum absolute atomic E-state index is 5.86. The van der Waals surface area contributed by atoms with Crippen LogP contribution in [0.1, 0.15) is 32.1 Å². The van der Waals surface area contributed by atoms with Gasteiger partial charge in [-0.15, -0.1) is 12.4 Å². The summed E-state index contributed by atoms with van der Waals surface area (Å²) in [5.74, 6) is 0. The number of ether oxygens (including phenoxy) is 1. The van der Waals surface area contributed by atoms with Crippen LogP contribution in [0.15, 0.2) is 0 Å². The second-order valence-electron chi connectivity index (χ2n) is 3.08. The van der Waals surface area contributed by atoms with Gasteiger partial charge in [0.25, 0.3) is 0 Å². The second kappa shape index (κ2) is 5.81. The van der Waals surface area contributed by atoms with Crippen molar-refractivity contribution in [3.63, 3.8) is 0 Å². The largest absolute Gasteiger partial charge is 0.380 e. The molecular formula is C8H18ClNO. The minimum atomic E-state index is 0. The molecule has 2 nitrogen and oxygen atoms in total. The first-order valence-electron chi connectivity index (χ1n) is 4.13. The molecule has 0 radical (unpaired) electrons. The molecule has 0 heterocycles. The summed E-state index contributed by atoms with van der Waals surface area (Å²) < 4.78 is 5.26. The molecule has 0 aromatic heterocycles. The van der Waals surface area contributed by atoms with Crippen molar-refractivity contribution in [3.05, 3.63) is 0 Å². The van der Waals surface area contributed by atoms with E-state index >= 15 is 0 Å². The summed E-state index contributed by atoms with van der Waals surface area (Å²) >= 11 is 0. The summed E-state index contributed by atoms with van der Waals surface area (Å²) in [6.45, 7) is 0. The zero-order chi connectivity index (χ0) is 7.40. The Hall–Kier alpha value is 0.210. The molecular weight excluding hydrogens is 162 g/mol. The maximum atomic E-state index is 5.86. The van der Waals surface area contributed by atoms with E-state index in [1.165, 1.54) is 19.3 Å². The molecule has 3 heteroatoms. The lowest BCUT2D eigenvalue weighted by Crippen LogP contribution is -2.34. The number of nitrogens with two attached hydrogens (primary N) is 1. The molecule has 1 rings (SSSR count). The molecule has 68 valence electrons. The molecule has 0 aliphatic heterocycles. The Labute approximate surface area is 74.9 Å². The molecule has 1 fully saturated rings. The minimum Gasteiger partial charge on any atom is -0.380 e. The fraction of sp³-hybridized carbons (Fsp3) is 1.00. The van der Waals surface area contributed by atoms with Crippen molar-refractivity contribution in [2.45, 2.75) is 44.2 Å². The van der Waals surface area contributed by atoms with Crippen LogP contribution in [-0.2, 0) is 4.74 Å². The van der Waals surface area contributed by atoms with E-state index in [2.05, 4.69) is 0 Å². The normalized spacial score (nSPS) is 32.2. The summed E-state index contributed by atoms with van der Waals surface area (Å²) in [6.07, 6.45) is 6.50. The Kier molecular flexibility index (Phi) is 5.92. The third-order valence-corrected chi connectivity index (χ3v) is 2.31. The fourth-order valence-corrected chi connectivity index (χ4v) is 1.59. The number of methoxy groups -OCH3 is 1. The Bertz CT molecular complexity index is 100. The lowest BCUT2D eigenvalue weighted by atomic mass is 10.1. The fourth-order valence-electron chi connectivity index (χ4n) is 1.59. The van der Waals surface area contributed by atoms with Crippen LogP contribution < -0.4 is 5.73 Å². The monoisotopic (exact) mass is 179 g/mol. The van der Waals surface area contributed by atoms with Crippen molar-refractivity contribution < 1.29 is 4.74 Å². The van der Waals surface area contributed by atoms with E-state index in [-0.39, 0.29) is 18.4 Å². The molecule has 0 bridgehead atoms. The third kappa shape index (κ3) is 3.41. The second-order valence-corrected chi connectivity index (χ2v) is 3.08. The van der Waals surface area contributed by atoms with Crippen LogP contribution >= 0.6 is 12.4 Å². The summed E-state index contributed by atoms with van der Waals surface area (Å²) in [5, 5.41) is 0. The number of halogens is 1. The molecule has 11 heavy (non-hydrogen) atoms. The van der Waals surface area contributed by atoms with Gasteiger partial charge in [-0.05, 0) is 12.8 Å². The topological polar surface area (TPSA) is 35.2 Å². The molecule has 1 saturated carbocycles. The lowest BCUT2D eigenvalue weighted by Gasteiger charge is -2.18. The van der Waals surface area contributed by atoms with Gasteiger partial charge in [0.2, 0.25) is 0 Å². The highest BCUT2D eigenvalue weighted by Crippen LogP contribution is 2.18. The average molecular weight is 180 g/mol. The van der Waals surface area contributed by atoms with Crippen LogP contribution in [0.25, 0.3) is 0 Å². The van der Waals surface area contributed by atoms with Gasteiger partial charge in [0.05, 0.1) is 6.10 Å². The first-order chi connectivity index (χ1) is 4.84. The van der Waals surface area contributed by atoms with Crippen LogP contribution in [0.5, 0.6) is 0 Å². The van der Waals surface area contributed by atoms with Crippen LogP contribution in [0.2, 0.25) is 0 Å². The van der Waals surface area contributed by atoms with E-state index in [0.717, 1.165) is 12.8 Å². The Morgan fingerprint density at radius 2 is 1.82 bits per heavy atom. The SMILES string of the molecule is CO[C@@H]1CCCCC[C@H]1N.Cl. The summed E-state index contributed by atoms with van der Waals surface area (Å²) in [7, 11) is 1.76. The zero-order valence-corrected chi connectivity index (χ0v) is 7.90. The highest BCUT2D eigenvalue weighted by atomic mass is 35.5. The standard InChI is InChI=1S/C8H17NO.ClH/c1-10-8-6-4-2-3-5-7(8)9;/h7-8H,2-6,9H2,1H3;1H/t7-,8-;/m1./s1. The van der Waals surface area contributed by atoms with Crippen molar-refractivity contribution in [2.75, 3.05) is 7.11 Å². The molecule has 2 atom stereocenters. The third-order valence-electron chi connectivity index (χ3n) is 2.31. The van der Waals surface area contributed by atoms with Crippen molar-refractivity contribution in [2.24, 2.45) is 5.73 Å². The molecule has 0 aromatic carbocycles. The van der Waals surface area contributed by atoms with Crippen molar-refractivity contribution >= 4 is 12.4 Å². The summed E-state index contributed by atoms with van der Waals surface area (Å²) in [6, 6.07) is 0.285. The Balaban J connectivity index is 0.000001000. The molecule has 2 N–H and O–H groups in total. The minimum absolute atomic E-state index is 0. The van der Waals surface area contributed by atoms with Gasteiger partial charge in [-0.25, -0.2) is 0 Å². The van der Waals surface area contributed by atoms with Crippen molar-refractivity contribution in [3.8, 4) is 0 Å². The molecule has 0 amide bonds. The molecule has 0 spiro atoms. The smallest absolute Gasteiger partial charge is 0.0722 e. The van der Waals surface area contributed by atoms with Crippen LogP contribution in [0.3, 0.4) is 0 Å². The van der Waals surface area contributed by atoms with Gasteiger partial charge in [0.1, 0.15) is 0 Å². The van der Waals surface area contributed by atoms with Crippen LogP contribution in [0.4, 0.5) is 0 Å². The van der Waals surface area contributed by atoms with E-state index in [1.54, 1.807) is 7.11 Å². The first kappa shape index (κ1) is 11.2. The predicted molar refractivity (Wildman–Crippen MR) is 49.1 cm³/mol. The zero-order valence-electron chi connectivity index (χ0n) is 7.08. The van der Waals surface area contributed by atoms with Crippen LogP contribution in [0, 0.1) is 0 Å². The van der Waals surface area contributed by atoms with Gasteiger partial charge in [-0.2, -0.15) is 0 Å². The molecule has 1 aliphatic rings. The summed E-state index contributed by atoms with van der Waals surface area (Å²) in [4.78, 5) is 0. The van der Waals surface area contributed by atoms with E-state index in [0.29, 0.717) is 6.10 Å². The molecule has 0 aromatic rings. The maximum Gasteiger partial charge on any atom is 0.0722 e. The molecule has 0 saturated heterocycles. The lowest BCUT2D eigenvalue weighted by molar-refractivity contribution is 0.0751. The number of rotatable bonds is 1. The Morgan fingerprint density at radius 1 is 1.18 bits per heavy atom. The van der Waals surface area contributed by atoms with Crippen molar-refractivity contribution in [1.29, 1.82) is 0 Å². The van der Waals surface area contributed by atoms with E-state index < -0.39 is 0 Å². The quantitative estimate of drug-likeness (QED) is 0.623. The average Bonchev–Trinajstić information content (AvgIpc) is 2.13.